The van der Waals surface area contributed by atoms with Gasteiger partial charge in [0, 0.05) is 30.1 Å². The molecule has 3 aromatic carbocycles. The van der Waals surface area contributed by atoms with E-state index in [0.29, 0.717) is 11.3 Å². The van der Waals surface area contributed by atoms with Crippen LogP contribution in [0.15, 0.2) is 77.2 Å². The zero-order valence-corrected chi connectivity index (χ0v) is 16.1. The van der Waals surface area contributed by atoms with E-state index in [9.17, 15) is 14.9 Å². The van der Waals surface area contributed by atoms with Gasteiger partial charge in [-0.2, -0.15) is 0 Å². The first-order valence-corrected chi connectivity index (χ1v) is 9.13. The maximum absolute atomic E-state index is 13.0. The van der Waals surface area contributed by atoms with Crippen molar-refractivity contribution in [3.8, 4) is 11.3 Å². The van der Waals surface area contributed by atoms with Gasteiger partial charge in [0.25, 0.3) is 11.6 Å². The van der Waals surface area contributed by atoms with Crippen LogP contribution in [0.4, 0.5) is 11.4 Å². The Kier molecular flexibility index (Phi) is 4.78. The fourth-order valence-corrected chi connectivity index (χ4v) is 3.46. The maximum Gasteiger partial charge on any atom is 0.293 e. The Morgan fingerprint density at radius 1 is 1.03 bits per heavy atom. The number of rotatable bonds is 4. The van der Waals surface area contributed by atoms with Crippen LogP contribution in [0.25, 0.3) is 22.1 Å². The van der Waals surface area contributed by atoms with Gasteiger partial charge in [0.1, 0.15) is 5.76 Å². The molecule has 0 spiro atoms. The summed E-state index contributed by atoms with van der Waals surface area (Å²) in [5, 5.41) is 13.0. The number of amides is 1. The molecule has 0 atom stereocenters. The third kappa shape index (κ3) is 3.46. The highest BCUT2D eigenvalue weighted by Crippen LogP contribution is 2.33. The van der Waals surface area contributed by atoms with Crippen LogP contribution in [0.3, 0.4) is 0 Å². The van der Waals surface area contributed by atoms with Crippen LogP contribution >= 0.6 is 11.6 Å². The third-order valence-corrected chi connectivity index (χ3v) is 4.99. The molecular formula is C22H15ClN2O4. The average Bonchev–Trinajstić information content (AvgIpc) is 3.22. The van der Waals surface area contributed by atoms with Crippen LogP contribution in [0.1, 0.15) is 10.6 Å². The quantitative estimate of drug-likeness (QED) is 0.310. The van der Waals surface area contributed by atoms with E-state index in [4.69, 9.17) is 16.0 Å². The van der Waals surface area contributed by atoms with Crippen molar-refractivity contribution in [2.45, 2.75) is 0 Å². The van der Waals surface area contributed by atoms with Gasteiger partial charge < -0.3 is 9.32 Å². The van der Waals surface area contributed by atoms with Gasteiger partial charge in [0.15, 0.2) is 5.76 Å². The molecule has 0 aliphatic heterocycles. The molecule has 0 saturated heterocycles. The average molecular weight is 407 g/mol. The molecule has 1 amide bonds. The number of halogens is 1. The Bertz CT molecular complexity index is 1240. The van der Waals surface area contributed by atoms with Crippen molar-refractivity contribution >= 4 is 39.7 Å². The van der Waals surface area contributed by atoms with Crippen molar-refractivity contribution in [2.24, 2.45) is 0 Å². The SMILES string of the molecule is CN(C(=O)c1ccc(-c2ccc([N+](=O)[O-])cc2Cl)o1)c1cccc2ccccc12. The van der Waals surface area contributed by atoms with Crippen molar-refractivity contribution in [3.63, 3.8) is 0 Å². The van der Waals surface area contributed by atoms with E-state index in [-0.39, 0.29) is 22.4 Å². The number of non-ortho nitro benzene ring substituents is 1. The van der Waals surface area contributed by atoms with Gasteiger partial charge in [0.05, 0.1) is 15.6 Å². The predicted octanol–water partition coefficient (Wildman–Crippen LogP) is 5.94. The summed E-state index contributed by atoms with van der Waals surface area (Å²) >= 11 is 6.16. The van der Waals surface area contributed by atoms with Gasteiger partial charge in [-0.3, -0.25) is 14.9 Å². The summed E-state index contributed by atoms with van der Waals surface area (Å²) in [5.74, 6) is 0.190. The standard InChI is InChI=1S/C22H15ClN2O4/c1-24(19-8-4-6-14-5-2-3-7-16(14)19)22(26)21-12-11-20(29-21)17-10-9-15(25(27)28)13-18(17)23/h2-13H,1H3. The molecule has 0 aliphatic rings. The number of anilines is 1. The number of fused-ring (bicyclic) bond motifs is 1. The van der Waals surface area contributed by atoms with Crippen LogP contribution in [-0.2, 0) is 0 Å². The van der Waals surface area contributed by atoms with Crippen molar-refractivity contribution < 1.29 is 14.1 Å². The molecule has 7 heteroatoms. The highest BCUT2D eigenvalue weighted by Gasteiger charge is 2.20. The first kappa shape index (κ1) is 18.7. The second-order valence-electron chi connectivity index (χ2n) is 6.45. The number of nitro groups is 1. The summed E-state index contributed by atoms with van der Waals surface area (Å²) in [4.78, 5) is 24.9. The van der Waals surface area contributed by atoms with Crippen LogP contribution in [-0.4, -0.2) is 17.9 Å². The number of carbonyl (C=O) groups excluding carboxylic acids is 1. The van der Waals surface area contributed by atoms with Gasteiger partial charge in [-0.25, -0.2) is 0 Å². The van der Waals surface area contributed by atoms with Gasteiger partial charge in [-0.15, -0.1) is 0 Å². The fourth-order valence-electron chi connectivity index (χ4n) is 3.19. The molecule has 4 aromatic rings. The van der Waals surface area contributed by atoms with Crippen molar-refractivity contribution in [1.29, 1.82) is 0 Å². The van der Waals surface area contributed by atoms with Gasteiger partial charge in [-0.05, 0) is 29.7 Å². The molecule has 1 heterocycles. The molecule has 0 bridgehead atoms. The Hall–Kier alpha value is -3.64. The van der Waals surface area contributed by atoms with Crippen LogP contribution < -0.4 is 4.90 Å². The van der Waals surface area contributed by atoms with E-state index in [0.717, 1.165) is 16.5 Å². The number of nitro benzene ring substituents is 1. The first-order chi connectivity index (χ1) is 14.0. The van der Waals surface area contributed by atoms with E-state index in [1.54, 1.807) is 19.2 Å². The van der Waals surface area contributed by atoms with Crippen LogP contribution in [0.5, 0.6) is 0 Å². The minimum absolute atomic E-state index is 0.114. The summed E-state index contributed by atoms with van der Waals surface area (Å²) in [7, 11) is 1.69. The minimum atomic E-state index is -0.522. The number of nitrogens with zero attached hydrogens (tertiary/aromatic N) is 2. The maximum atomic E-state index is 13.0. The van der Waals surface area contributed by atoms with Gasteiger partial charge in [0.2, 0.25) is 0 Å². The second kappa shape index (κ2) is 7.41. The van der Waals surface area contributed by atoms with Crippen LogP contribution in [0, 0.1) is 10.1 Å². The molecule has 4 rings (SSSR count). The molecule has 0 unspecified atom stereocenters. The van der Waals surface area contributed by atoms with Crippen molar-refractivity contribution in [3.05, 3.63) is 93.7 Å². The molecule has 0 aliphatic carbocycles. The Morgan fingerprint density at radius 2 is 1.79 bits per heavy atom. The van der Waals surface area contributed by atoms with Gasteiger partial charge in [-0.1, -0.05) is 48.0 Å². The van der Waals surface area contributed by atoms with E-state index in [1.807, 2.05) is 42.5 Å². The highest BCUT2D eigenvalue weighted by molar-refractivity contribution is 6.33. The van der Waals surface area contributed by atoms with E-state index in [2.05, 4.69) is 0 Å². The fraction of sp³-hybridized carbons (Fsp3) is 0.0455. The summed E-state index contributed by atoms with van der Waals surface area (Å²) < 4.78 is 5.72. The Balaban J connectivity index is 1.66. The van der Waals surface area contributed by atoms with Crippen LogP contribution in [0.2, 0.25) is 5.02 Å². The molecule has 0 saturated carbocycles. The lowest BCUT2D eigenvalue weighted by atomic mass is 10.1. The lowest BCUT2D eigenvalue weighted by Gasteiger charge is -2.18. The third-order valence-electron chi connectivity index (χ3n) is 4.68. The van der Waals surface area contributed by atoms with Crippen molar-refractivity contribution in [1.82, 2.24) is 0 Å². The predicted molar refractivity (Wildman–Crippen MR) is 112 cm³/mol. The molecule has 29 heavy (non-hydrogen) atoms. The summed E-state index contributed by atoms with van der Waals surface area (Å²) in [6.45, 7) is 0. The topological polar surface area (TPSA) is 76.6 Å². The summed E-state index contributed by atoms with van der Waals surface area (Å²) in [6, 6.07) is 20.8. The number of furan rings is 1. The van der Waals surface area contributed by atoms with E-state index < -0.39 is 4.92 Å². The van der Waals surface area contributed by atoms with Gasteiger partial charge >= 0.3 is 0 Å². The smallest absolute Gasteiger partial charge is 0.293 e. The first-order valence-electron chi connectivity index (χ1n) is 8.75. The minimum Gasteiger partial charge on any atom is -0.451 e. The van der Waals surface area contributed by atoms with E-state index >= 15 is 0 Å². The normalized spacial score (nSPS) is 10.8. The number of hydrogen-bond donors (Lipinski definition) is 0. The number of hydrogen-bond acceptors (Lipinski definition) is 4. The summed E-state index contributed by atoms with van der Waals surface area (Å²) in [5.41, 5.74) is 1.13. The molecule has 6 nitrogen and oxygen atoms in total. The molecular weight excluding hydrogens is 392 g/mol. The lowest BCUT2D eigenvalue weighted by molar-refractivity contribution is -0.384. The Morgan fingerprint density at radius 3 is 2.55 bits per heavy atom. The summed E-state index contributed by atoms with van der Waals surface area (Å²) in [6.07, 6.45) is 0. The largest absolute Gasteiger partial charge is 0.451 e. The number of benzene rings is 3. The zero-order valence-electron chi connectivity index (χ0n) is 15.3. The highest BCUT2D eigenvalue weighted by atomic mass is 35.5. The molecule has 0 fully saturated rings. The monoisotopic (exact) mass is 406 g/mol. The molecule has 0 radical (unpaired) electrons. The van der Waals surface area contributed by atoms with E-state index in [1.165, 1.54) is 23.1 Å². The van der Waals surface area contributed by atoms with Crippen molar-refractivity contribution in [2.75, 3.05) is 11.9 Å². The molecule has 0 N–H and O–H groups in total. The Labute approximate surface area is 171 Å². The molecule has 144 valence electrons. The number of carbonyl (C=O) groups is 1. The lowest BCUT2D eigenvalue weighted by Crippen LogP contribution is -2.25. The zero-order chi connectivity index (χ0) is 20.5. The molecule has 1 aromatic heterocycles. The second-order valence-corrected chi connectivity index (χ2v) is 6.85.